The van der Waals surface area contributed by atoms with Crippen LogP contribution in [0.15, 0.2) is 249 Å². The van der Waals surface area contributed by atoms with Crippen molar-refractivity contribution in [3.05, 3.63) is 271 Å². The minimum absolute atomic E-state index is 0.445. The van der Waals surface area contributed by atoms with Gasteiger partial charge in [-0.15, -0.1) is 11.3 Å². The van der Waals surface area contributed by atoms with Gasteiger partial charge in [0.1, 0.15) is 0 Å². The fraction of sp³-hybridized carbons (Fsp3) is 0.0156. The zero-order chi connectivity index (χ0) is 45.0. The Morgan fingerprint density at radius 3 is 1.22 bits per heavy atom. The molecule has 13 rings (SSSR count). The SMILES string of the molecule is c1ccc(-c2ccc(-c3nc(-c4ccc(-c5ccccc5)cc4)nc(-c4ccccc4-c4ccc5c(c4)sc4cc(C6(c7ccccc7)c7ccccc7-c7ccccc76)ccc45)n3)cc2)cc1. The lowest BCUT2D eigenvalue weighted by atomic mass is 9.67. The van der Waals surface area contributed by atoms with Crippen LogP contribution >= 0.6 is 11.3 Å². The van der Waals surface area contributed by atoms with Crippen LogP contribution in [0.3, 0.4) is 0 Å². The molecule has 0 fully saturated rings. The molecule has 68 heavy (non-hydrogen) atoms. The fourth-order valence-electron chi connectivity index (χ4n) is 10.5. The summed E-state index contributed by atoms with van der Waals surface area (Å²) in [5.41, 5.74) is 16.9. The summed E-state index contributed by atoms with van der Waals surface area (Å²) in [5.74, 6) is 1.88. The molecule has 0 bridgehead atoms. The molecule has 10 aromatic carbocycles. The molecule has 0 saturated carbocycles. The summed E-state index contributed by atoms with van der Waals surface area (Å²) < 4.78 is 2.50. The molecule has 0 spiro atoms. The van der Waals surface area contributed by atoms with E-state index in [2.05, 4.69) is 237 Å². The predicted octanol–water partition coefficient (Wildman–Crippen LogP) is 16.6. The maximum absolute atomic E-state index is 5.24. The average molecular weight is 884 g/mol. The molecule has 1 aliphatic carbocycles. The topological polar surface area (TPSA) is 38.7 Å². The molecule has 2 aromatic heterocycles. The Balaban J connectivity index is 0.926. The highest BCUT2D eigenvalue weighted by molar-refractivity contribution is 7.25. The van der Waals surface area contributed by atoms with E-state index in [1.54, 1.807) is 0 Å². The normalized spacial score (nSPS) is 12.5. The first-order valence-corrected chi connectivity index (χ1v) is 23.9. The summed E-state index contributed by atoms with van der Waals surface area (Å²) in [7, 11) is 0. The number of benzene rings is 10. The molecule has 1 aliphatic rings. The monoisotopic (exact) mass is 883 g/mol. The van der Waals surface area contributed by atoms with E-state index in [4.69, 9.17) is 15.0 Å². The molecule has 0 aliphatic heterocycles. The van der Waals surface area contributed by atoms with Gasteiger partial charge in [0, 0.05) is 36.9 Å². The average Bonchev–Trinajstić information content (AvgIpc) is 3.94. The summed E-state index contributed by atoms with van der Waals surface area (Å²) in [5, 5.41) is 2.51. The van der Waals surface area contributed by atoms with Gasteiger partial charge in [-0.05, 0) is 78.9 Å². The van der Waals surface area contributed by atoms with Crippen LogP contribution in [0, 0.1) is 0 Å². The highest BCUT2D eigenvalue weighted by Gasteiger charge is 2.46. The Bertz CT molecular complexity index is 3680. The van der Waals surface area contributed by atoms with Crippen LogP contribution in [0.25, 0.3) is 98.8 Å². The maximum Gasteiger partial charge on any atom is 0.164 e. The van der Waals surface area contributed by atoms with E-state index >= 15 is 0 Å². The minimum atomic E-state index is -0.445. The molecule has 0 N–H and O–H groups in total. The maximum atomic E-state index is 5.24. The molecular formula is C64H41N3S. The Hall–Kier alpha value is -8.57. The second-order valence-electron chi connectivity index (χ2n) is 17.5. The van der Waals surface area contributed by atoms with E-state index in [-0.39, 0.29) is 0 Å². The van der Waals surface area contributed by atoms with Crippen LogP contribution in [0.2, 0.25) is 0 Å². The summed E-state index contributed by atoms with van der Waals surface area (Å²) in [4.78, 5) is 15.6. The number of hydrogen-bond acceptors (Lipinski definition) is 4. The Morgan fingerprint density at radius 1 is 0.265 bits per heavy atom. The summed E-state index contributed by atoms with van der Waals surface area (Å²) >= 11 is 1.86. The van der Waals surface area contributed by atoms with Gasteiger partial charge in [0.15, 0.2) is 17.5 Å². The molecule has 2 heterocycles. The van der Waals surface area contributed by atoms with Crippen LogP contribution < -0.4 is 0 Å². The van der Waals surface area contributed by atoms with Crippen molar-refractivity contribution in [2.75, 3.05) is 0 Å². The van der Waals surface area contributed by atoms with E-state index in [0.29, 0.717) is 17.5 Å². The molecule has 12 aromatic rings. The molecule has 3 nitrogen and oxygen atoms in total. The zero-order valence-electron chi connectivity index (χ0n) is 36.9. The minimum Gasteiger partial charge on any atom is -0.208 e. The van der Waals surface area contributed by atoms with Crippen molar-refractivity contribution in [3.8, 4) is 78.7 Å². The Kier molecular flexibility index (Phi) is 9.59. The quantitative estimate of drug-likeness (QED) is 0.153. The van der Waals surface area contributed by atoms with Crippen LogP contribution in [0.1, 0.15) is 22.3 Å². The van der Waals surface area contributed by atoms with Crippen molar-refractivity contribution in [1.29, 1.82) is 0 Å². The molecule has 0 saturated heterocycles. The smallest absolute Gasteiger partial charge is 0.164 e. The number of thiophene rings is 1. The van der Waals surface area contributed by atoms with Gasteiger partial charge in [-0.1, -0.05) is 237 Å². The second-order valence-corrected chi connectivity index (χ2v) is 18.6. The third-order valence-corrected chi connectivity index (χ3v) is 14.8. The van der Waals surface area contributed by atoms with E-state index in [1.807, 2.05) is 23.5 Å². The molecule has 0 radical (unpaired) electrons. The lowest BCUT2D eigenvalue weighted by Crippen LogP contribution is -2.28. The Morgan fingerprint density at radius 2 is 0.662 bits per heavy atom. The molecule has 318 valence electrons. The highest BCUT2D eigenvalue weighted by atomic mass is 32.1. The van der Waals surface area contributed by atoms with Gasteiger partial charge in [-0.3, -0.25) is 0 Å². The first-order valence-electron chi connectivity index (χ1n) is 23.1. The van der Waals surface area contributed by atoms with Gasteiger partial charge in [0.2, 0.25) is 0 Å². The molecular weight excluding hydrogens is 843 g/mol. The van der Waals surface area contributed by atoms with Gasteiger partial charge >= 0.3 is 0 Å². The first-order chi connectivity index (χ1) is 33.7. The van der Waals surface area contributed by atoms with Crippen LogP contribution in [0.5, 0.6) is 0 Å². The lowest BCUT2D eigenvalue weighted by Gasteiger charge is -2.33. The second kappa shape index (κ2) is 16.4. The summed E-state index contributed by atoms with van der Waals surface area (Å²) in [6.45, 7) is 0. The number of hydrogen-bond donors (Lipinski definition) is 0. The zero-order valence-corrected chi connectivity index (χ0v) is 37.7. The van der Waals surface area contributed by atoms with E-state index in [1.165, 1.54) is 64.7 Å². The number of aromatic nitrogens is 3. The number of fused-ring (bicyclic) bond motifs is 6. The third kappa shape index (κ3) is 6.60. The largest absolute Gasteiger partial charge is 0.208 e. The first kappa shape index (κ1) is 39.8. The third-order valence-electron chi connectivity index (χ3n) is 13.7. The molecule has 0 unspecified atom stereocenters. The van der Waals surface area contributed by atoms with Crippen LogP contribution in [-0.4, -0.2) is 15.0 Å². The van der Waals surface area contributed by atoms with Gasteiger partial charge in [0.05, 0.1) is 5.41 Å². The molecule has 4 heteroatoms. The molecule has 0 atom stereocenters. The standard InChI is InChI=1S/C64H41N3S/c1-4-16-42(17-5-1)44-28-32-46(33-29-44)61-65-62(47-34-30-45(31-35-47)43-18-6-2-7-19-43)67-63(66-61)56-25-11-10-22-51(56)48-36-38-54-55-39-37-50(41-60(55)68-59(54)40-48)64(49-20-8-3-9-21-49)57-26-14-12-23-52(57)53-24-13-15-27-58(53)64/h1-41H. The van der Waals surface area contributed by atoms with E-state index < -0.39 is 5.41 Å². The van der Waals surface area contributed by atoms with Crippen molar-refractivity contribution >= 4 is 31.5 Å². The fourth-order valence-corrected chi connectivity index (χ4v) is 11.6. The van der Waals surface area contributed by atoms with Crippen molar-refractivity contribution in [2.45, 2.75) is 5.41 Å². The van der Waals surface area contributed by atoms with Gasteiger partial charge in [-0.25, -0.2) is 15.0 Å². The van der Waals surface area contributed by atoms with Gasteiger partial charge < -0.3 is 0 Å². The van der Waals surface area contributed by atoms with Crippen molar-refractivity contribution < 1.29 is 0 Å². The molecule has 0 amide bonds. The van der Waals surface area contributed by atoms with Crippen molar-refractivity contribution in [2.24, 2.45) is 0 Å². The number of nitrogens with zero attached hydrogens (tertiary/aromatic N) is 3. The van der Waals surface area contributed by atoms with E-state index in [9.17, 15) is 0 Å². The van der Waals surface area contributed by atoms with Gasteiger partial charge in [-0.2, -0.15) is 0 Å². The van der Waals surface area contributed by atoms with E-state index in [0.717, 1.165) is 38.9 Å². The number of rotatable bonds is 8. The summed E-state index contributed by atoms with van der Waals surface area (Å²) in [6.07, 6.45) is 0. The van der Waals surface area contributed by atoms with Crippen LogP contribution in [0.4, 0.5) is 0 Å². The highest BCUT2D eigenvalue weighted by Crippen LogP contribution is 2.56. The van der Waals surface area contributed by atoms with Crippen LogP contribution in [-0.2, 0) is 5.41 Å². The lowest BCUT2D eigenvalue weighted by molar-refractivity contribution is 0.770. The van der Waals surface area contributed by atoms with Crippen molar-refractivity contribution in [3.63, 3.8) is 0 Å². The van der Waals surface area contributed by atoms with Crippen molar-refractivity contribution in [1.82, 2.24) is 15.0 Å². The Labute approximate surface area is 399 Å². The van der Waals surface area contributed by atoms with Gasteiger partial charge in [0.25, 0.3) is 0 Å². The predicted molar refractivity (Wildman–Crippen MR) is 283 cm³/mol. The summed E-state index contributed by atoms with van der Waals surface area (Å²) in [6, 6.07) is 89.4.